The van der Waals surface area contributed by atoms with Crippen LogP contribution in [0.5, 0.6) is 0 Å². The highest BCUT2D eigenvalue weighted by atomic mass is 35.5. The highest BCUT2D eigenvalue weighted by molar-refractivity contribution is 6.18. The van der Waals surface area contributed by atoms with Crippen molar-refractivity contribution in [1.29, 1.82) is 0 Å². The SMILES string of the molecule is CC(=O)/C(=C/c1ccccc1)CCCl. The van der Waals surface area contributed by atoms with E-state index in [9.17, 15) is 4.79 Å². The number of carbonyl (C=O) groups is 1. The molecule has 1 rings (SSSR count). The summed E-state index contributed by atoms with van der Waals surface area (Å²) in [7, 11) is 0. The lowest BCUT2D eigenvalue weighted by atomic mass is 10.1. The maximum absolute atomic E-state index is 11.2. The molecule has 0 saturated carbocycles. The zero-order valence-electron chi connectivity index (χ0n) is 8.16. The van der Waals surface area contributed by atoms with E-state index in [1.807, 2.05) is 36.4 Å². The first-order valence-electron chi connectivity index (χ1n) is 4.56. The van der Waals surface area contributed by atoms with Crippen LogP contribution in [0.15, 0.2) is 35.9 Å². The highest BCUT2D eigenvalue weighted by Crippen LogP contribution is 2.11. The van der Waals surface area contributed by atoms with Crippen molar-refractivity contribution in [3.8, 4) is 0 Å². The third-order valence-corrected chi connectivity index (χ3v) is 2.15. The van der Waals surface area contributed by atoms with Crippen LogP contribution < -0.4 is 0 Å². The van der Waals surface area contributed by atoms with E-state index in [-0.39, 0.29) is 5.78 Å². The molecule has 0 amide bonds. The third-order valence-electron chi connectivity index (χ3n) is 1.96. The first-order valence-corrected chi connectivity index (χ1v) is 5.10. The number of rotatable bonds is 4. The smallest absolute Gasteiger partial charge is 0.155 e. The van der Waals surface area contributed by atoms with E-state index in [4.69, 9.17) is 11.6 Å². The summed E-state index contributed by atoms with van der Waals surface area (Å²) in [5.74, 6) is 0.577. The summed E-state index contributed by atoms with van der Waals surface area (Å²) in [6, 6.07) is 9.79. The molecular formula is C12H13ClO. The number of allylic oxidation sites excluding steroid dienone is 1. The Morgan fingerprint density at radius 2 is 2.00 bits per heavy atom. The van der Waals surface area contributed by atoms with Gasteiger partial charge in [-0.05, 0) is 30.6 Å². The zero-order valence-corrected chi connectivity index (χ0v) is 8.92. The molecule has 0 bridgehead atoms. The van der Waals surface area contributed by atoms with Gasteiger partial charge in [-0.3, -0.25) is 4.79 Å². The second kappa shape index (κ2) is 5.61. The van der Waals surface area contributed by atoms with E-state index in [0.29, 0.717) is 12.3 Å². The summed E-state index contributed by atoms with van der Waals surface area (Å²) in [5.41, 5.74) is 1.83. The number of ketones is 1. The van der Waals surface area contributed by atoms with Crippen molar-refractivity contribution >= 4 is 23.5 Å². The molecule has 1 aromatic rings. The molecule has 0 atom stereocenters. The summed E-state index contributed by atoms with van der Waals surface area (Å²) < 4.78 is 0. The minimum absolute atomic E-state index is 0.0921. The molecule has 1 aromatic carbocycles. The standard InChI is InChI=1S/C12H13ClO/c1-10(14)12(7-8-13)9-11-5-3-2-4-6-11/h2-6,9H,7-8H2,1H3/b12-9+. The van der Waals surface area contributed by atoms with Gasteiger partial charge in [0, 0.05) is 5.88 Å². The van der Waals surface area contributed by atoms with Gasteiger partial charge in [0.05, 0.1) is 0 Å². The molecule has 0 aliphatic heterocycles. The Kier molecular flexibility index (Phi) is 4.41. The molecule has 0 spiro atoms. The molecule has 0 N–H and O–H groups in total. The van der Waals surface area contributed by atoms with Crippen LogP contribution in [-0.4, -0.2) is 11.7 Å². The Hall–Kier alpha value is -1.08. The van der Waals surface area contributed by atoms with Crippen molar-refractivity contribution in [1.82, 2.24) is 0 Å². The van der Waals surface area contributed by atoms with Crippen molar-refractivity contribution in [3.63, 3.8) is 0 Å². The third kappa shape index (κ3) is 3.35. The van der Waals surface area contributed by atoms with Crippen LogP contribution in [0.2, 0.25) is 0 Å². The zero-order chi connectivity index (χ0) is 10.4. The van der Waals surface area contributed by atoms with Gasteiger partial charge >= 0.3 is 0 Å². The second-order valence-corrected chi connectivity index (χ2v) is 3.45. The molecule has 0 aliphatic carbocycles. The van der Waals surface area contributed by atoms with Gasteiger partial charge in [-0.15, -0.1) is 11.6 Å². The van der Waals surface area contributed by atoms with Crippen LogP contribution >= 0.6 is 11.6 Å². The number of alkyl halides is 1. The van der Waals surface area contributed by atoms with E-state index in [1.54, 1.807) is 6.92 Å². The number of halogens is 1. The van der Waals surface area contributed by atoms with Crippen LogP contribution in [0.4, 0.5) is 0 Å². The van der Waals surface area contributed by atoms with Gasteiger partial charge in [-0.25, -0.2) is 0 Å². The van der Waals surface area contributed by atoms with Crippen molar-refractivity contribution in [3.05, 3.63) is 41.5 Å². The molecule has 0 unspecified atom stereocenters. The quantitative estimate of drug-likeness (QED) is 0.548. The maximum atomic E-state index is 11.2. The molecular weight excluding hydrogens is 196 g/mol. The fourth-order valence-corrected chi connectivity index (χ4v) is 1.41. The maximum Gasteiger partial charge on any atom is 0.155 e. The number of hydrogen-bond acceptors (Lipinski definition) is 1. The Labute approximate surface area is 89.4 Å². The van der Waals surface area contributed by atoms with Crippen LogP contribution in [0.1, 0.15) is 18.9 Å². The molecule has 0 aliphatic rings. The fraction of sp³-hybridized carbons (Fsp3) is 0.250. The van der Waals surface area contributed by atoms with Gasteiger partial charge in [-0.1, -0.05) is 30.3 Å². The van der Waals surface area contributed by atoms with E-state index >= 15 is 0 Å². The van der Waals surface area contributed by atoms with E-state index in [0.717, 1.165) is 11.1 Å². The predicted octanol–water partition coefficient (Wildman–Crippen LogP) is 3.29. The van der Waals surface area contributed by atoms with Gasteiger partial charge in [-0.2, -0.15) is 0 Å². The van der Waals surface area contributed by atoms with Crippen molar-refractivity contribution in [2.24, 2.45) is 0 Å². The predicted molar refractivity (Wildman–Crippen MR) is 60.4 cm³/mol. The van der Waals surface area contributed by atoms with Crippen LogP contribution in [0.25, 0.3) is 6.08 Å². The molecule has 0 saturated heterocycles. The largest absolute Gasteiger partial charge is 0.295 e. The van der Waals surface area contributed by atoms with Crippen molar-refractivity contribution in [2.45, 2.75) is 13.3 Å². The molecule has 74 valence electrons. The van der Waals surface area contributed by atoms with E-state index in [1.165, 1.54) is 0 Å². The van der Waals surface area contributed by atoms with E-state index in [2.05, 4.69) is 0 Å². The van der Waals surface area contributed by atoms with Gasteiger partial charge in [0.15, 0.2) is 5.78 Å². The van der Waals surface area contributed by atoms with Crippen molar-refractivity contribution in [2.75, 3.05) is 5.88 Å². The molecule has 0 radical (unpaired) electrons. The lowest BCUT2D eigenvalue weighted by Crippen LogP contribution is -1.97. The molecule has 2 heteroatoms. The van der Waals surface area contributed by atoms with E-state index < -0.39 is 0 Å². The van der Waals surface area contributed by atoms with Gasteiger partial charge < -0.3 is 0 Å². The average molecular weight is 209 g/mol. The second-order valence-electron chi connectivity index (χ2n) is 3.08. The summed E-state index contributed by atoms with van der Waals surface area (Å²) in [5, 5.41) is 0. The normalized spacial score (nSPS) is 11.4. The lowest BCUT2D eigenvalue weighted by molar-refractivity contribution is -0.113. The number of carbonyl (C=O) groups excluding carboxylic acids is 1. The molecule has 0 heterocycles. The van der Waals surface area contributed by atoms with Gasteiger partial charge in [0.25, 0.3) is 0 Å². The number of benzene rings is 1. The monoisotopic (exact) mass is 208 g/mol. The summed E-state index contributed by atoms with van der Waals surface area (Å²) in [6.45, 7) is 1.57. The average Bonchev–Trinajstić information content (AvgIpc) is 2.18. The molecule has 0 aromatic heterocycles. The minimum atomic E-state index is 0.0921. The highest BCUT2D eigenvalue weighted by Gasteiger charge is 2.02. The topological polar surface area (TPSA) is 17.1 Å². The summed E-state index contributed by atoms with van der Waals surface area (Å²) in [6.07, 6.45) is 2.52. The first-order chi connectivity index (χ1) is 6.74. The molecule has 0 fully saturated rings. The van der Waals surface area contributed by atoms with Crippen molar-refractivity contribution < 1.29 is 4.79 Å². The van der Waals surface area contributed by atoms with Gasteiger partial charge in [0.2, 0.25) is 0 Å². The Balaban J connectivity index is 2.88. The lowest BCUT2D eigenvalue weighted by Gasteiger charge is -2.00. The fourth-order valence-electron chi connectivity index (χ4n) is 1.20. The summed E-state index contributed by atoms with van der Waals surface area (Å²) >= 11 is 5.61. The Morgan fingerprint density at radius 1 is 1.36 bits per heavy atom. The van der Waals surface area contributed by atoms with Gasteiger partial charge in [0.1, 0.15) is 0 Å². The van der Waals surface area contributed by atoms with Crippen LogP contribution in [0, 0.1) is 0 Å². The first kappa shape index (κ1) is 11.0. The minimum Gasteiger partial charge on any atom is -0.295 e. The van der Waals surface area contributed by atoms with Crippen LogP contribution in [0.3, 0.4) is 0 Å². The summed E-state index contributed by atoms with van der Waals surface area (Å²) in [4.78, 5) is 11.2. The molecule has 14 heavy (non-hydrogen) atoms. The number of hydrogen-bond donors (Lipinski definition) is 0. The van der Waals surface area contributed by atoms with Crippen LogP contribution in [-0.2, 0) is 4.79 Å². The Morgan fingerprint density at radius 3 is 2.50 bits per heavy atom. The Bertz CT molecular complexity index is 327. The number of Topliss-reactive ketones (excluding diaryl/α,β-unsaturated/α-hetero) is 1. The molecule has 1 nitrogen and oxygen atoms in total.